The van der Waals surface area contributed by atoms with Crippen LogP contribution in [0.15, 0.2) is 23.0 Å². The quantitative estimate of drug-likeness (QED) is 0.457. The number of carboxylic acid groups (broad SMARTS) is 1. The third kappa shape index (κ3) is 4.71. The van der Waals surface area contributed by atoms with E-state index in [2.05, 4.69) is 5.32 Å². The number of carbonyl (C=O) groups is 3. The molecule has 3 atom stereocenters. The summed E-state index contributed by atoms with van der Waals surface area (Å²) in [5.74, 6) is -0.579. The molecule has 1 aromatic heterocycles. The average molecular weight is 487 g/mol. The number of fused-ring (bicyclic) bond motifs is 1. The Balaban J connectivity index is 1.40. The Bertz CT molecular complexity index is 1210. The Kier molecular flexibility index (Phi) is 6.77. The van der Waals surface area contributed by atoms with Crippen LogP contribution in [0.5, 0.6) is 0 Å². The molecule has 3 unspecified atom stereocenters. The van der Waals surface area contributed by atoms with Crippen LogP contribution in [0.4, 0.5) is 4.79 Å². The predicted molar refractivity (Wildman–Crippen MR) is 129 cm³/mol. The van der Waals surface area contributed by atoms with Crippen molar-refractivity contribution in [3.05, 3.63) is 34.2 Å². The Morgan fingerprint density at radius 2 is 1.97 bits per heavy atom. The maximum Gasteiger partial charge on any atom is 0.407 e. The number of imide groups is 1. The van der Waals surface area contributed by atoms with Gasteiger partial charge >= 0.3 is 11.8 Å². The Morgan fingerprint density at radius 1 is 1.23 bits per heavy atom. The van der Waals surface area contributed by atoms with Crippen molar-refractivity contribution in [1.82, 2.24) is 19.4 Å². The van der Waals surface area contributed by atoms with E-state index in [0.717, 1.165) is 17.5 Å². The van der Waals surface area contributed by atoms with E-state index in [0.29, 0.717) is 38.1 Å². The number of amides is 3. The molecule has 2 aromatic rings. The molecule has 10 nitrogen and oxygen atoms in total. The number of carbonyl (C=O) groups excluding carboxylic acids is 2. The van der Waals surface area contributed by atoms with Gasteiger partial charge in [0.05, 0.1) is 17.6 Å². The van der Waals surface area contributed by atoms with Crippen LogP contribution in [0.3, 0.4) is 0 Å². The normalized spacial score (nSPS) is 22.9. The maximum absolute atomic E-state index is 13.0. The highest BCUT2D eigenvalue weighted by molar-refractivity contribution is 6.00. The Labute approximate surface area is 203 Å². The van der Waals surface area contributed by atoms with Crippen molar-refractivity contribution < 1.29 is 24.2 Å². The minimum absolute atomic E-state index is 0.0599. The van der Waals surface area contributed by atoms with Gasteiger partial charge in [0.2, 0.25) is 11.8 Å². The summed E-state index contributed by atoms with van der Waals surface area (Å²) < 4.78 is 8.99. The molecule has 190 valence electrons. The highest BCUT2D eigenvalue weighted by Gasteiger charge is 2.48. The fourth-order valence-corrected chi connectivity index (χ4v) is 5.65. The lowest BCUT2D eigenvalue weighted by atomic mass is 9.72. The van der Waals surface area contributed by atoms with E-state index in [4.69, 9.17) is 4.74 Å². The van der Waals surface area contributed by atoms with Gasteiger partial charge in [0.1, 0.15) is 6.04 Å². The number of piperidine rings is 1. The lowest BCUT2D eigenvalue weighted by Gasteiger charge is -2.52. The molecule has 2 fully saturated rings. The van der Waals surface area contributed by atoms with E-state index >= 15 is 0 Å². The summed E-state index contributed by atoms with van der Waals surface area (Å²) in [6, 6.07) is 4.92. The summed E-state index contributed by atoms with van der Waals surface area (Å²) in [6.45, 7) is 7.67. The first-order valence-corrected chi connectivity index (χ1v) is 12.1. The second-order valence-corrected chi connectivity index (χ2v) is 10.6. The molecule has 2 aliphatic heterocycles. The minimum Gasteiger partial charge on any atom is -0.465 e. The number of hydrogen-bond donors (Lipinski definition) is 2. The Hall–Kier alpha value is -3.14. The lowest BCUT2D eigenvalue weighted by Crippen LogP contribution is -2.64. The van der Waals surface area contributed by atoms with Gasteiger partial charge in [-0.3, -0.25) is 24.0 Å². The van der Waals surface area contributed by atoms with Crippen LogP contribution in [-0.2, 0) is 27.8 Å². The maximum atomic E-state index is 13.0. The highest BCUT2D eigenvalue weighted by Crippen LogP contribution is 2.38. The molecule has 0 spiro atoms. The largest absolute Gasteiger partial charge is 0.465 e. The number of rotatable bonds is 7. The zero-order valence-electron chi connectivity index (χ0n) is 20.7. The molecular formula is C25H34N4O6. The van der Waals surface area contributed by atoms with Crippen LogP contribution in [0, 0.1) is 11.3 Å². The first kappa shape index (κ1) is 25.0. The molecule has 0 saturated carbocycles. The third-order valence-electron chi connectivity index (χ3n) is 7.12. The molecule has 35 heavy (non-hydrogen) atoms. The monoisotopic (exact) mass is 486 g/mol. The Morgan fingerprint density at radius 3 is 2.63 bits per heavy atom. The van der Waals surface area contributed by atoms with E-state index in [9.17, 15) is 24.3 Å². The van der Waals surface area contributed by atoms with Crippen molar-refractivity contribution >= 4 is 28.9 Å². The number of likely N-dealkylation sites (tertiary alicyclic amines) is 1. The topological polar surface area (TPSA) is 123 Å². The third-order valence-corrected chi connectivity index (χ3v) is 7.12. The number of ether oxygens (including phenoxy) is 1. The van der Waals surface area contributed by atoms with Gasteiger partial charge in [-0.25, -0.2) is 9.59 Å². The number of nitrogens with one attached hydrogen (secondary N) is 1. The zero-order chi connectivity index (χ0) is 25.5. The second kappa shape index (κ2) is 9.49. The molecule has 2 saturated heterocycles. The first-order chi connectivity index (χ1) is 16.5. The van der Waals surface area contributed by atoms with E-state index < -0.39 is 18.0 Å². The summed E-state index contributed by atoms with van der Waals surface area (Å²) in [7, 11) is 1.70. The minimum atomic E-state index is -0.885. The summed E-state index contributed by atoms with van der Waals surface area (Å²) >= 11 is 0. The molecule has 1 aromatic carbocycles. The van der Waals surface area contributed by atoms with E-state index in [1.807, 2.05) is 39.0 Å². The highest BCUT2D eigenvalue weighted by atomic mass is 16.5. The van der Waals surface area contributed by atoms with Gasteiger partial charge in [-0.1, -0.05) is 32.9 Å². The molecule has 10 heteroatoms. The average Bonchev–Trinajstić information content (AvgIpc) is 2.99. The molecule has 0 radical (unpaired) electrons. The number of nitrogens with zero attached hydrogens (tertiary/aromatic N) is 3. The van der Waals surface area contributed by atoms with Crippen molar-refractivity contribution in [1.29, 1.82) is 0 Å². The molecule has 0 aliphatic carbocycles. The van der Waals surface area contributed by atoms with Crippen LogP contribution >= 0.6 is 0 Å². The van der Waals surface area contributed by atoms with Gasteiger partial charge < -0.3 is 14.7 Å². The molecule has 4 rings (SSSR count). The first-order valence-electron chi connectivity index (χ1n) is 12.1. The predicted octanol–water partition coefficient (Wildman–Crippen LogP) is 2.29. The van der Waals surface area contributed by atoms with Gasteiger partial charge in [-0.05, 0) is 36.3 Å². The van der Waals surface area contributed by atoms with Gasteiger partial charge in [-0.2, -0.15) is 0 Å². The molecular weight excluding hydrogens is 452 g/mol. The number of aryl methyl sites for hydroxylation is 2. The molecule has 0 bridgehead atoms. The van der Waals surface area contributed by atoms with Gasteiger partial charge in [0, 0.05) is 38.6 Å². The van der Waals surface area contributed by atoms with Crippen molar-refractivity contribution in [2.45, 2.75) is 58.5 Å². The summed E-state index contributed by atoms with van der Waals surface area (Å²) in [5.41, 5.74) is 2.03. The smallest absolute Gasteiger partial charge is 0.407 e. The van der Waals surface area contributed by atoms with Gasteiger partial charge in [0.25, 0.3) is 0 Å². The van der Waals surface area contributed by atoms with Crippen molar-refractivity contribution in [3.8, 4) is 0 Å². The van der Waals surface area contributed by atoms with Crippen LogP contribution in [0.1, 0.15) is 51.6 Å². The molecule has 2 aliphatic rings. The molecule has 3 amide bonds. The van der Waals surface area contributed by atoms with Crippen molar-refractivity contribution in [2.75, 3.05) is 19.8 Å². The fourth-order valence-electron chi connectivity index (χ4n) is 5.65. The van der Waals surface area contributed by atoms with Crippen LogP contribution in [0.2, 0.25) is 0 Å². The standard InChI is InChI=1S/C25H34N4O6/c1-25(2,3)21-16(13-28(21)24(33)34)14-35-12-6-8-15-7-5-9-17-20(15)27(4)23(32)29(17)18-10-11-19(30)26-22(18)31/h5,7,9,16,18,21H,6,8,10-14H2,1-4H3,(H,33,34)(H,26,30,31). The van der Waals surface area contributed by atoms with E-state index in [1.54, 1.807) is 11.6 Å². The number of aromatic nitrogens is 2. The van der Waals surface area contributed by atoms with Gasteiger partial charge in [0.15, 0.2) is 0 Å². The number of para-hydroxylation sites is 1. The molecule has 2 N–H and O–H groups in total. The van der Waals surface area contributed by atoms with Crippen LogP contribution in [-0.4, -0.2) is 62.8 Å². The SMILES string of the molecule is Cn1c(=O)n(C2CCC(=O)NC2=O)c2cccc(CCCOCC3CN(C(=O)O)C3C(C)(C)C)c21. The number of benzene rings is 1. The van der Waals surface area contributed by atoms with E-state index in [1.165, 1.54) is 9.47 Å². The number of hydrogen-bond acceptors (Lipinski definition) is 5. The fraction of sp³-hybridized carbons (Fsp3) is 0.600. The molecule has 3 heterocycles. The van der Waals surface area contributed by atoms with Crippen molar-refractivity contribution in [2.24, 2.45) is 18.4 Å². The number of imidazole rings is 1. The van der Waals surface area contributed by atoms with Crippen molar-refractivity contribution in [3.63, 3.8) is 0 Å². The summed E-state index contributed by atoms with van der Waals surface area (Å²) in [4.78, 5) is 49.9. The van der Waals surface area contributed by atoms with Crippen LogP contribution < -0.4 is 11.0 Å². The summed E-state index contributed by atoms with van der Waals surface area (Å²) in [5, 5.41) is 11.7. The van der Waals surface area contributed by atoms with Crippen LogP contribution in [0.25, 0.3) is 11.0 Å². The van der Waals surface area contributed by atoms with E-state index in [-0.39, 0.29) is 35.4 Å². The zero-order valence-corrected chi connectivity index (χ0v) is 20.7. The summed E-state index contributed by atoms with van der Waals surface area (Å²) in [6.07, 6.45) is 1.06. The second-order valence-electron chi connectivity index (χ2n) is 10.6. The lowest BCUT2D eigenvalue weighted by molar-refractivity contribution is -0.135. The van der Waals surface area contributed by atoms with Gasteiger partial charge in [-0.15, -0.1) is 0 Å².